The summed E-state index contributed by atoms with van der Waals surface area (Å²) in [4.78, 5) is 0. The molecular formula is C26H33Cl2Zr. The smallest absolute Gasteiger partial charge is 1.00 e. The monoisotopic (exact) mass is 505 g/mol. The molecule has 0 amide bonds. The summed E-state index contributed by atoms with van der Waals surface area (Å²) in [5.41, 5.74) is 7.22. The van der Waals surface area contributed by atoms with Crippen LogP contribution in [-0.4, -0.2) is 0 Å². The molecule has 0 saturated carbocycles. The molecule has 0 fully saturated rings. The van der Waals surface area contributed by atoms with E-state index in [1.165, 1.54) is 38.6 Å². The molecule has 1 radical (unpaired) electrons. The fraction of sp³-hybridized carbons (Fsp3) is 0.423. The van der Waals surface area contributed by atoms with Crippen LogP contribution in [0.4, 0.5) is 0 Å². The van der Waals surface area contributed by atoms with Crippen LogP contribution < -0.4 is 24.8 Å². The van der Waals surface area contributed by atoms with Crippen molar-refractivity contribution in [2.45, 2.75) is 72.1 Å². The van der Waals surface area contributed by atoms with Gasteiger partial charge in [-0.1, -0.05) is 85.2 Å². The van der Waals surface area contributed by atoms with Crippen molar-refractivity contribution in [3.8, 4) is 11.1 Å². The molecule has 0 unspecified atom stereocenters. The first kappa shape index (κ1) is 28.5. The molecule has 0 atom stereocenters. The van der Waals surface area contributed by atoms with E-state index >= 15 is 0 Å². The zero-order chi connectivity index (χ0) is 19.3. The summed E-state index contributed by atoms with van der Waals surface area (Å²) in [5.74, 6) is 0.557. The Kier molecular flexibility index (Phi) is 10.0. The van der Waals surface area contributed by atoms with E-state index in [0.717, 1.165) is 0 Å². The van der Waals surface area contributed by atoms with E-state index in [-0.39, 0.29) is 61.8 Å². The predicted octanol–water partition coefficient (Wildman–Crippen LogP) is 1.95. The van der Waals surface area contributed by atoms with E-state index in [2.05, 4.69) is 104 Å². The van der Waals surface area contributed by atoms with Gasteiger partial charge in [-0.3, -0.25) is 0 Å². The third kappa shape index (κ3) is 6.25. The maximum Gasteiger partial charge on any atom is 3.00 e. The summed E-state index contributed by atoms with van der Waals surface area (Å²) in [6.45, 7) is 18.4. The summed E-state index contributed by atoms with van der Waals surface area (Å²) in [6.07, 6.45) is 0. The third-order valence-electron chi connectivity index (χ3n) is 5.42. The van der Waals surface area contributed by atoms with Crippen molar-refractivity contribution in [3.05, 3.63) is 65.2 Å². The molecule has 0 N–H and O–H groups in total. The van der Waals surface area contributed by atoms with Crippen molar-refractivity contribution in [3.63, 3.8) is 0 Å². The van der Waals surface area contributed by atoms with Crippen molar-refractivity contribution in [1.82, 2.24) is 0 Å². The molecule has 29 heavy (non-hydrogen) atoms. The van der Waals surface area contributed by atoms with Gasteiger partial charge in [0.15, 0.2) is 0 Å². The first-order valence-corrected chi connectivity index (χ1v) is 9.82. The molecule has 3 aromatic carbocycles. The van der Waals surface area contributed by atoms with Crippen molar-refractivity contribution in [1.29, 1.82) is 0 Å². The largest absolute Gasteiger partial charge is 3.00 e. The number of halogens is 2. The minimum absolute atomic E-state index is 0. The fourth-order valence-electron chi connectivity index (χ4n) is 3.49. The Balaban J connectivity index is 0.00000261. The fourth-order valence-corrected chi connectivity index (χ4v) is 3.49. The van der Waals surface area contributed by atoms with Gasteiger partial charge in [0.2, 0.25) is 0 Å². The molecule has 3 rings (SSSR count). The van der Waals surface area contributed by atoms with E-state index in [1.54, 1.807) is 0 Å². The summed E-state index contributed by atoms with van der Waals surface area (Å²) in [7, 11) is 0. The Hall–Kier alpha value is -0.487. The van der Waals surface area contributed by atoms with Gasteiger partial charge in [-0.15, -0.1) is 34.5 Å². The van der Waals surface area contributed by atoms with Crippen LogP contribution in [0.15, 0.2) is 48.5 Å². The molecule has 0 heterocycles. The molecule has 0 aliphatic carbocycles. The Morgan fingerprint density at radius 2 is 1.28 bits per heavy atom. The van der Waals surface area contributed by atoms with E-state index in [0.29, 0.717) is 5.92 Å². The average Bonchev–Trinajstić information content (AvgIpc) is 2.97. The quantitative estimate of drug-likeness (QED) is 0.466. The van der Waals surface area contributed by atoms with Crippen LogP contribution in [0.2, 0.25) is 0 Å². The van der Waals surface area contributed by atoms with Crippen LogP contribution in [0.3, 0.4) is 0 Å². The van der Waals surface area contributed by atoms with Gasteiger partial charge in [-0.2, -0.15) is 6.07 Å². The molecule has 0 spiro atoms. The third-order valence-corrected chi connectivity index (χ3v) is 5.42. The van der Waals surface area contributed by atoms with Crippen LogP contribution in [0, 0.1) is 0 Å². The Morgan fingerprint density at radius 1 is 0.759 bits per heavy atom. The van der Waals surface area contributed by atoms with Crippen molar-refractivity contribution >= 4 is 10.8 Å². The Morgan fingerprint density at radius 3 is 1.72 bits per heavy atom. The second kappa shape index (κ2) is 10.2. The SMILES string of the molecule is CC(C)c1cc2c(-c3cc(C(C)(C)C)cc(C(C)(C)C)c3)cccc2[cH-]1.[Cl-].[Cl-].[Zr+3]. The van der Waals surface area contributed by atoms with Crippen LogP contribution in [0.5, 0.6) is 0 Å². The summed E-state index contributed by atoms with van der Waals surface area (Å²) in [5, 5.41) is 2.73. The van der Waals surface area contributed by atoms with Gasteiger partial charge in [0.25, 0.3) is 0 Å². The standard InChI is InChI=1S/C26H33.2ClH.Zr/c1-17(2)19-12-18-10-9-11-23(24(18)15-19)20-13-21(25(3,4)5)16-22(14-20)26(6,7)8;;;/h9-17H,1-8H3;2*1H;/q-1;;;+3/p-2. The Labute approximate surface area is 209 Å². The molecule has 0 aliphatic rings. The summed E-state index contributed by atoms with van der Waals surface area (Å²) >= 11 is 0. The van der Waals surface area contributed by atoms with Crippen molar-refractivity contribution < 1.29 is 51.0 Å². The molecule has 3 heteroatoms. The van der Waals surface area contributed by atoms with Crippen LogP contribution in [0.25, 0.3) is 21.9 Å². The van der Waals surface area contributed by atoms with Crippen molar-refractivity contribution in [2.24, 2.45) is 0 Å². The van der Waals surface area contributed by atoms with Crippen LogP contribution in [-0.2, 0) is 37.0 Å². The molecule has 155 valence electrons. The molecule has 0 bridgehead atoms. The predicted molar refractivity (Wildman–Crippen MR) is 116 cm³/mol. The van der Waals surface area contributed by atoms with E-state index in [9.17, 15) is 0 Å². The molecule has 0 aromatic heterocycles. The molecule has 0 nitrogen and oxygen atoms in total. The maximum absolute atomic E-state index is 2.40. The van der Waals surface area contributed by atoms with E-state index in [4.69, 9.17) is 0 Å². The van der Waals surface area contributed by atoms with Crippen LogP contribution >= 0.6 is 0 Å². The van der Waals surface area contributed by atoms with Gasteiger partial charge in [0.05, 0.1) is 0 Å². The summed E-state index contributed by atoms with van der Waals surface area (Å²) in [6, 6.07) is 18.6. The molecule has 0 saturated heterocycles. The van der Waals surface area contributed by atoms with Gasteiger partial charge in [0.1, 0.15) is 0 Å². The minimum Gasteiger partial charge on any atom is -1.00 e. The van der Waals surface area contributed by atoms with Gasteiger partial charge in [-0.05, 0) is 33.4 Å². The first-order chi connectivity index (χ1) is 12.0. The number of rotatable bonds is 2. The van der Waals surface area contributed by atoms with Gasteiger partial charge >= 0.3 is 26.2 Å². The zero-order valence-electron chi connectivity index (χ0n) is 19.0. The normalized spacial score (nSPS) is 11.6. The molecule has 0 aliphatic heterocycles. The number of fused-ring (bicyclic) bond motifs is 1. The molecule has 3 aromatic rings. The zero-order valence-corrected chi connectivity index (χ0v) is 22.9. The second-order valence-corrected chi connectivity index (χ2v) is 10.1. The number of hydrogen-bond acceptors (Lipinski definition) is 0. The van der Waals surface area contributed by atoms with Crippen LogP contribution in [0.1, 0.15) is 78.0 Å². The molecular weight excluding hydrogens is 474 g/mol. The number of benzene rings is 2. The number of hydrogen-bond donors (Lipinski definition) is 0. The maximum atomic E-state index is 2.40. The van der Waals surface area contributed by atoms with E-state index < -0.39 is 0 Å². The van der Waals surface area contributed by atoms with E-state index in [1.807, 2.05) is 0 Å². The minimum atomic E-state index is 0. The summed E-state index contributed by atoms with van der Waals surface area (Å²) < 4.78 is 0. The topological polar surface area (TPSA) is 0 Å². The van der Waals surface area contributed by atoms with Gasteiger partial charge < -0.3 is 24.8 Å². The Bertz CT molecular complexity index is 905. The average molecular weight is 508 g/mol. The first-order valence-electron chi connectivity index (χ1n) is 9.82. The van der Waals surface area contributed by atoms with Gasteiger partial charge in [0, 0.05) is 0 Å². The van der Waals surface area contributed by atoms with Gasteiger partial charge in [-0.25, -0.2) is 0 Å². The van der Waals surface area contributed by atoms with Crippen molar-refractivity contribution in [2.75, 3.05) is 0 Å². The second-order valence-electron chi connectivity index (χ2n) is 10.1.